The Morgan fingerprint density at radius 3 is 3.06 bits per heavy atom. The molecular weight excluding hydrogens is 246 g/mol. The summed E-state index contributed by atoms with van der Waals surface area (Å²) >= 11 is 1.65. The van der Waals surface area contributed by atoms with Crippen molar-refractivity contribution in [2.24, 2.45) is 5.92 Å². The molecule has 1 aliphatic rings. The van der Waals surface area contributed by atoms with Gasteiger partial charge in [-0.3, -0.25) is 4.79 Å². The molecule has 0 saturated heterocycles. The number of rotatable bonds is 4. The standard InChI is InChI=1S/C14H19NO2S/c1-10(8-16)9-18-13-7-6-11-4-2-3-5-12(11)15-14(13)17/h2-5,10,13,16H,6-9H2,1H3,(H,15,17). The lowest BCUT2D eigenvalue weighted by Crippen LogP contribution is -2.25. The van der Waals surface area contributed by atoms with Crippen LogP contribution in [0.1, 0.15) is 18.9 Å². The van der Waals surface area contributed by atoms with Gasteiger partial charge in [-0.15, -0.1) is 11.8 Å². The largest absolute Gasteiger partial charge is 0.396 e. The van der Waals surface area contributed by atoms with Gasteiger partial charge in [-0.25, -0.2) is 0 Å². The van der Waals surface area contributed by atoms with E-state index in [2.05, 4.69) is 11.4 Å². The molecule has 0 saturated carbocycles. The van der Waals surface area contributed by atoms with Crippen LogP contribution < -0.4 is 5.32 Å². The highest BCUT2D eigenvalue weighted by Crippen LogP contribution is 2.27. The first-order valence-electron chi connectivity index (χ1n) is 6.32. The normalized spacial score (nSPS) is 20.8. The molecule has 0 radical (unpaired) electrons. The number of fused-ring (bicyclic) bond motifs is 1. The van der Waals surface area contributed by atoms with E-state index in [1.807, 2.05) is 25.1 Å². The number of carbonyl (C=O) groups is 1. The van der Waals surface area contributed by atoms with E-state index in [-0.39, 0.29) is 23.7 Å². The number of benzene rings is 1. The second kappa shape index (κ2) is 6.25. The van der Waals surface area contributed by atoms with Crippen LogP contribution in [0.4, 0.5) is 5.69 Å². The monoisotopic (exact) mass is 265 g/mol. The van der Waals surface area contributed by atoms with Gasteiger partial charge in [-0.2, -0.15) is 0 Å². The third-order valence-corrected chi connectivity index (χ3v) is 4.75. The third kappa shape index (κ3) is 3.27. The Labute approximate surface area is 112 Å². The SMILES string of the molecule is CC(CO)CSC1CCc2ccccc2NC1=O. The lowest BCUT2D eigenvalue weighted by Gasteiger charge is -2.14. The summed E-state index contributed by atoms with van der Waals surface area (Å²) in [5.74, 6) is 1.16. The zero-order chi connectivity index (χ0) is 13.0. The number of hydrogen-bond donors (Lipinski definition) is 2. The van der Waals surface area contributed by atoms with Gasteiger partial charge in [0, 0.05) is 12.3 Å². The van der Waals surface area contributed by atoms with Gasteiger partial charge in [0.15, 0.2) is 0 Å². The highest BCUT2D eigenvalue weighted by Gasteiger charge is 2.24. The van der Waals surface area contributed by atoms with Crippen LogP contribution >= 0.6 is 11.8 Å². The highest BCUT2D eigenvalue weighted by atomic mass is 32.2. The minimum Gasteiger partial charge on any atom is -0.396 e. The Morgan fingerprint density at radius 2 is 2.28 bits per heavy atom. The van der Waals surface area contributed by atoms with E-state index in [1.165, 1.54) is 5.56 Å². The lowest BCUT2D eigenvalue weighted by molar-refractivity contribution is -0.115. The summed E-state index contributed by atoms with van der Waals surface area (Å²) in [6.45, 7) is 2.18. The van der Waals surface area contributed by atoms with E-state index >= 15 is 0 Å². The van der Waals surface area contributed by atoms with Crippen molar-refractivity contribution in [1.29, 1.82) is 0 Å². The quantitative estimate of drug-likeness (QED) is 0.878. The molecule has 0 bridgehead atoms. The molecule has 4 heteroatoms. The molecule has 1 heterocycles. The lowest BCUT2D eigenvalue weighted by atomic mass is 10.1. The summed E-state index contributed by atoms with van der Waals surface area (Å²) in [5, 5.41) is 12.0. The Kier molecular flexibility index (Phi) is 4.66. The Balaban J connectivity index is 1.99. The number of aryl methyl sites for hydroxylation is 1. The molecule has 2 unspecified atom stereocenters. The van der Waals surface area contributed by atoms with E-state index in [1.54, 1.807) is 11.8 Å². The fraction of sp³-hybridized carbons (Fsp3) is 0.500. The number of amides is 1. The van der Waals surface area contributed by atoms with Crippen molar-refractivity contribution in [1.82, 2.24) is 0 Å². The van der Waals surface area contributed by atoms with Gasteiger partial charge in [0.2, 0.25) is 5.91 Å². The van der Waals surface area contributed by atoms with Crippen molar-refractivity contribution in [2.45, 2.75) is 25.0 Å². The van der Waals surface area contributed by atoms with Crippen LogP contribution in [0, 0.1) is 5.92 Å². The molecule has 0 spiro atoms. The number of thioether (sulfide) groups is 1. The Morgan fingerprint density at radius 1 is 1.50 bits per heavy atom. The number of anilines is 1. The summed E-state index contributed by atoms with van der Waals surface area (Å²) in [7, 11) is 0. The molecule has 18 heavy (non-hydrogen) atoms. The number of carbonyl (C=O) groups excluding carboxylic acids is 1. The van der Waals surface area contributed by atoms with Crippen molar-refractivity contribution in [3.05, 3.63) is 29.8 Å². The zero-order valence-corrected chi connectivity index (χ0v) is 11.4. The highest BCUT2D eigenvalue weighted by molar-refractivity contribution is 8.00. The average molecular weight is 265 g/mol. The van der Waals surface area contributed by atoms with Crippen LogP contribution in [0.25, 0.3) is 0 Å². The summed E-state index contributed by atoms with van der Waals surface area (Å²) in [4.78, 5) is 12.1. The zero-order valence-electron chi connectivity index (χ0n) is 10.6. The van der Waals surface area contributed by atoms with Crippen LogP contribution in [0.5, 0.6) is 0 Å². The van der Waals surface area contributed by atoms with Crippen LogP contribution in [-0.2, 0) is 11.2 Å². The molecule has 1 amide bonds. The first-order valence-corrected chi connectivity index (χ1v) is 7.37. The minimum atomic E-state index is -0.00796. The third-order valence-electron chi connectivity index (χ3n) is 3.14. The molecule has 1 aromatic carbocycles. The van der Waals surface area contributed by atoms with E-state index in [4.69, 9.17) is 5.11 Å². The van der Waals surface area contributed by atoms with E-state index in [9.17, 15) is 4.79 Å². The molecule has 1 aromatic rings. The van der Waals surface area contributed by atoms with Crippen LogP contribution in [0.2, 0.25) is 0 Å². The van der Waals surface area contributed by atoms with Crippen molar-refractivity contribution < 1.29 is 9.90 Å². The molecule has 0 aliphatic carbocycles. The van der Waals surface area contributed by atoms with Gasteiger partial charge in [-0.05, 0) is 36.1 Å². The molecule has 0 aromatic heterocycles. The predicted octanol–water partition coefficient (Wildman–Crippen LogP) is 2.30. The van der Waals surface area contributed by atoms with Gasteiger partial charge in [0.25, 0.3) is 0 Å². The van der Waals surface area contributed by atoms with Gasteiger partial charge in [0.05, 0.1) is 5.25 Å². The maximum atomic E-state index is 12.1. The second-order valence-corrected chi connectivity index (χ2v) is 6.03. The van der Waals surface area contributed by atoms with Crippen molar-refractivity contribution in [3.8, 4) is 0 Å². The first kappa shape index (κ1) is 13.4. The summed E-state index contributed by atoms with van der Waals surface area (Å²) in [5.41, 5.74) is 2.16. The van der Waals surface area contributed by atoms with Gasteiger partial charge in [0.1, 0.15) is 0 Å². The van der Waals surface area contributed by atoms with E-state index < -0.39 is 0 Å². The molecule has 98 valence electrons. The fourth-order valence-corrected chi connectivity index (χ4v) is 3.14. The number of nitrogens with one attached hydrogen (secondary N) is 1. The van der Waals surface area contributed by atoms with E-state index in [0.717, 1.165) is 24.3 Å². The Hall–Kier alpha value is -1.00. The predicted molar refractivity (Wildman–Crippen MR) is 75.9 cm³/mol. The molecule has 2 rings (SSSR count). The van der Waals surface area contributed by atoms with Gasteiger partial charge >= 0.3 is 0 Å². The number of hydrogen-bond acceptors (Lipinski definition) is 3. The maximum absolute atomic E-state index is 12.1. The summed E-state index contributed by atoms with van der Waals surface area (Å²) < 4.78 is 0. The maximum Gasteiger partial charge on any atom is 0.237 e. The van der Waals surface area contributed by atoms with Crippen molar-refractivity contribution >= 4 is 23.4 Å². The minimum absolute atomic E-state index is 0.00796. The molecule has 0 fully saturated rings. The molecule has 2 N–H and O–H groups in total. The van der Waals surface area contributed by atoms with Crippen LogP contribution in [-0.4, -0.2) is 28.6 Å². The van der Waals surface area contributed by atoms with Crippen molar-refractivity contribution in [2.75, 3.05) is 17.7 Å². The Bertz CT molecular complexity index is 422. The second-order valence-electron chi connectivity index (χ2n) is 4.79. The fourth-order valence-electron chi connectivity index (χ4n) is 1.98. The number of para-hydroxylation sites is 1. The molecule has 1 aliphatic heterocycles. The number of aliphatic hydroxyl groups excluding tert-OH is 1. The van der Waals surface area contributed by atoms with E-state index in [0.29, 0.717) is 0 Å². The topological polar surface area (TPSA) is 49.3 Å². The average Bonchev–Trinajstić information content (AvgIpc) is 2.54. The molecule has 2 atom stereocenters. The summed E-state index contributed by atoms with van der Waals surface area (Å²) in [6.07, 6.45) is 1.80. The molecule has 3 nitrogen and oxygen atoms in total. The smallest absolute Gasteiger partial charge is 0.237 e. The van der Waals surface area contributed by atoms with Gasteiger partial charge < -0.3 is 10.4 Å². The summed E-state index contributed by atoms with van der Waals surface area (Å²) in [6, 6.07) is 7.97. The van der Waals surface area contributed by atoms with Crippen molar-refractivity contribution in [3.63, 3.8) is 0 Å². The van der Waals surface area contributed by atoms with Crippen LogP contribution in [0.15, 0.2) is 24.3 Å². The molecular formula is C14H19NO2S. The first-order chi connectivity index (χ1) is 8.70. The van der Waals surface area contributed by atoms with Gasteiger partial charge in [-0.1, -0.05) is 25.1 Å². The van der Waals surface area contributed by atoms with Crippen LogP contribution in [0.3, 0.4) is 0 Å². The number of aliphatic hydroxyl groups is 1.